The number of benzene rings is 1. The van der Waals surface area contributed by atoms with Crippen molar-refractivity contribution in [2.75, 3.05) is 17.8 Å². The van der Waals surface area contributed by atoms with Gasteiger partial charge in [-0.2, -0.15) is 0 Å². The molecule has 3 rings (SSSR count). The second-order valence-corrected chi connectivity index (χ2v) is 4.83. The first-order valence-corrected chi connectivity index (χ1v) is 6.49. The lowest BCUT2D eigenvalue weighted by Crippen LogP contribution is -2.15. The number of nitrogen functional groups attached to an aromatic ring is 1. The van der Waals surface area contributed by atoms with Gasteiger partial charge in [0.1, 0.15) is 0 Å². The van der Waals surface area contributed by atoms with Gasteiger partial charge < -0.3 is 20.5 Å². The van der Waals surface area contributed by atoms with Gasteiger partial charge in [-0.15, -0.1) is 0 Å². The first-order chi connectivity index (χ1) is 10.0. The maximum absolute atomic E-state index is 12.3. The summed E-state index contributed by atoms with van der Waals surface area (Å²) in [4.78, 5) is 16.6. The van der Waals surface area contributed by atoms with Crippen molar-refractivity contribution in [1.29, 1.82) is 0 Å². The third kappa shape index (κ3) is 2.47. The molecule has 1 amide bonds. The molecule has 0 unspecified atom stereocenters. The van der Waals surface area contributed by atoms with E-state index in [1.165, 1.54) is 0 Å². The number of nitrogens with two attached hydrogens (primary N) is 1. The van der Waals surface area contributed by atoms with Gasteiger partial charge in [0, 0.05) is 17.8 Å². The van der Waals surface area contributed by atoms with E-state index in [-0.39, 0.29) is 12.7 Å². The van der Waals surface area contributed by atoms with Crippen molar-refractivity contribution >= 4 is 17.3 Å². The van der Waals surface area contributed by atoms with Crippen molar-refractivity contribution in [2.24, 2.45) is 0 Å². The lowest BCUT2D eigenvalue weighted by atomic mass is 10.1. The Bertz CT molecular complexity index is 728. The van der Waals surface area contributed by atoms with E-state index >= 15 is 0 Å². The zero-order valence-electron chi connectivity index (χ0n) is 11.8. The van der Waals surface area contributed by atoms with Gasteiger partial charge in [-0.3, -0.25) is 9.78 Å². The number of rotatable bonds is 2. The molecule has 6 heteroatoms. The Labute approximate surface area is 121 Å². The summed E-state index contributed by atoms with van der Waals surface area (Å²) >= 11 is 0. The Morgan fingerprint density at radius 3 is 2.67 bits per heavy atom. The number of pyridine rings is 1. The minimum absolute atomic E-state index is 0.160. The summed E-state index contributed by atoms with van der Waals surface area (Å²) < 4.78 is 10.5. The first kappa shape index (κ1) is 13.2. The van der Waals surface area contributed by atoms with Crippen LogP contribution in [0.5, 0.6) is 11.5 Å². The van der Waals surface area contributed by atoms with E-state index in [1.807, 2.05) is 6.92 Å². The largest absolute Gasteiger partial charge is 0.454 e. The zero-order valence-corrected chi connectivity index (χ0v) is 11.8. The molecule has 6 nitrogen and oxygen atoms in total. The average molecular weight is 285 g/mol. The second-order valence-electron chi connectivity index (χ2n) is 4.83. The van der Waals surface area contributed by atoms with Gasteiger partial charge in [-0.05, 0) is 26.0 Å². The number of nitrogens with zero attached hydrogens (tertiary/aromatic N) is 1. The second kappa shape index (κ2) is 4.97. The molecule has 1 aromatic heterocycles. The monoisotopic (exact) mass is 285 g/mol. The van der Waals surface area contributed by atoms with Crippen molar-refractivity contribution < 1.29 is 14.3 Å². The van der Waals surface area contributed by atoms with Crippen LogP contribution in [0.1, 0.15) is 21.7 Å². The van der Waals surface area contributed by atoms with Crippen LogP contribution in [0.15, 0.2) is 24.3 Å². The number of hydrogen-bond acceptors (Lipinski definition) is 5. The molecule has 0 saturated carbocycles. The fourth-order valence-corrected chi connectivity index (χ4v) is 2.18. The summed E-state index contributed by atoms with van der Waals surface area (Å²) in [5.74, 6) is 0.891. The predicted molar refractivity (Wildman–Crippen MR) is 78.6 cm³/mol. The highest BCUT2D eigenvalue weighted by molar-refractivity contribution is 6.06. The quantitative estimate of drug-likeness (QED) is 0.826. The Morgan fingerprint density at radius 1 is 1.24 bits per heavy atom. The molecule has 108 valence electrons. The molecule has 21 heavy (non-hydrogen) atoms. The molecule has 0 bridgehead atoms. The maximum Gasteiger partial charge on any atom is 0.257 e. The highest BCUT2D eigenvalue weighted by Gasteiger charge is 2.18. The molecule has 2 heterocycles. The Morgan fingerprint density at radius 2 is 1.95 bits per heavy atom. The van der Waals surface area contributed by atoms with E-state index in [9.17, 15) is 4.79 Å². The number of aryl methyl sites for hydroxylation is 2. The molecule has 1 aliphatic rings. The molecule has 0 radical (unpaired) electrons. The topological polar surface area (TPSA) is 86.5 Å². The minimum Gasteiger partial charge on any atom is -0.454 e. The van der Waals surface area contributed by atoms with Gasteiger partial charge in [0.05, 0.1) is 22.6 Å². The maximum atomic E-state index is 12.3. The van der Waals surface area contributed by atoms with Crippen LogP contribution in [0, 0.1) is 13.8 Å². The third-order valence-electron chi connectivity index (χ3n) is 3.26. The first-order valence-electron chi connectivity index (χ1n) is 6.49. The molecule has 0 spiro atoms. The fourth-order valence-electron chi connectivity index (χ4n) is 2.18. The van der Waals surface area contributed by atoms with Crippen molar-refractivity contribution in [3.63, 3.8) is 0 Å². The summed E-state index contributed by atoms with van der Waals surface area (Å²) in [5.41, 5.74) is 8.88. The number of amides is 1. The molecular weight excluding hydrogens is 270 g/mol. The summed E-state index contributed by atoms with van der Waals surface area (Å²) in [6.07, 6.45) is 0. The number of anilines is 2. The number of aromatic nitrogens is 1. The standard InChI is InChI=1S/C15H15N3O3/c1-8-3-4-10(9(2)17-8)15(19)18-12-6-14-13(5-11(12)16)20-7-21-14/h3-6H,7,16H2,1-2H3,(H,18,19). The molecule has 0 saturated heterocycles. The molecule has 3 N–H and O–H groups in total. The number of nitrogens with one attached hydrogen (secondary N) is 1. The van der Waals surface area contributed by atoms with Gasteiger partial charge in [0.15, 0.2) is 11.5 Å². The predicted octanol–water partition coefficient (Wildman–Crippen LogP) is 2.26. The summed E-state index contributed by atoms with van der Waals surface area (Å²) in [6.45, 7) is 3.84. The summed E-state index contributed by atoms with van der Waals surface area (Å²) in [5, 5.41) is 2.78. The number of hydrogen-bond donors (Lipinski definition) is 2. The molecule has 0 aliphatic carbocycles. The van der Waals surface area contributed by atoms with Crippen molar-refractivity contribution in [3.8, 4) is 11.5 Å². The lowest BCUT2D eigenvalue weighted by molar-refractivity contribution is 0.102. The van der Waals surface area contributed by atoms with Gasteiger partial charge >= 0.3 is 0 Å². The van der Waals surface area contributed by atoms with Crippen LogP contribution in [0.4, 0.5) is 11.4 Å². The number of carbonyl (C=O) groups excluding carboxylic acids is 1. The number of carbonyl (C=O) groups is 1. The van der Waals surface area contributed by atoms with Crippen molar-refractivity contribution in [3.05, 3.63) is 41.2 Å². The van der Waals surface area contributed by atoms with E-state index < -0.39 is 0 Å². The van der Waals surface area contributed by atoms with E-state index in [0.717, 1.165) is 5.69 Å². The van der Waals surface area contributed by atoms with E-state index in [2.05, 4.69) is 10.3 Å². The normalized spacial score (nSPS) is 12.3. The van der Waals surface area contributed by atoms with E-state index in [0.29, 0.717) is 34.1 Å². The SMILES string of the molecule is Cc1ccc(C(=O)Nc2cc3c(cc2N)OCO3)c(C)n1. The molecular formula is C15H15N3O3. The minimum atomic E-state index is -0.259. The lowest BCUT2D eigenvalue weighted by Gasteiger charge is -2.10. The van der Waals surface area contributed by atoms with Crippen molar-refractivity contribution in [2.45, 2.75) is 13.8 Å². The van der Waals surface area contributed by atoms with Crippen LogP contribution in [0.3, 0.4) is 0 Å². The van der Waals surface area contributed by atoms with Crippen LogP contribution in [-0.4, -0.2) is 17.7 Å². The third-order valence-corrected chi connectivity index (χ3v) is 3.26. The van der Waals surface area contributed by atoms with Gasteiger partial charge in [-0.1, -0.05) is 0 Å². The van der Waals surface area contributed by atoms with Gasteiger partial charge in [0.25, 0.3) is 5.91 Å². The van der Waals surface area contributed by atoms with Crippen LogP contribution >= 0.6 is 0 Å². The molecule has 0 atom stereocenters. The van der Waals surface area contributed by atoms with Crippen molar-refractivity contribution in [1.82, 2.24) is 4.98 Å². The average Bonchev–Trinajstić information content (AvgIpc) is 2.86. The smallest absolute Gasteiger partial charge is 0.257 e. The number of ether oxygens (including phenoxy) is 2. The zero-order chi connectivity index (χ0) is 15.0. The Hall–Kier alpha value is -2.76. The van der Waals surface area contributed by atoms with Crippen LogP contribution in [-0.2, 0) is 0 Å². The van der Waals surface area contributed by atoms with E-state index in [1.54, 1.807) is 31.2 Å². The Kier molecular flexibility index (Phi) is 3.13. The molecule has 1 aromatic carbocycles. The molecule has 1 aliphatic heterocycles. The van der Waals surface area contributed by atoms with Gasteiger partial charge in [0.2, 0.25) is 6.79 Å². The Balaban J connectivity index is 1.88. The van der Waals surface area contributed by atoms with Gasteiger partial charge in [-0.25, -0.2) is 0 Å². The fraction of sp³-hybridized carbons (Fsp3) is 0.200. The van der Waals surface area contributed by atoms with E-state index in [4.69, 9.17) is 15.2 Å². The summed E-state index contributed by atoms with van der Waals surface area (Å²) in [6, 6.07) is 6.84. The highest BCUT2D eigenvalue weighted by Crippen LogP contribution is 2.38. The molecule has 0 fully saturated rings. The van der Waals surface area contributed by atoms with Crippen LogP contribution in [0.2, 0.25) is 0 Å². The van der Waals surface area contributed by atoms with Crippen LogP contribution < -0.4 is 20.5 Å². The highest BCUT2D eigenvalue weighted by atomic mass is 16.7. The van der Waals surface area contributed by atoms with Crippen LogP contribution in [0.25, 0.3) is 0 Å². The molecule has 2 aromatic rings. The summed E-state index contributed by atoms with van der Waals surface area (Å²) in [7, 11) is 0. The number of fused-ring (bicyclic) bond motifs is 1.